The summed E-state index contributed by atoms with van der Waals surface area (Å²) >= 11 is -0.286. The molecule has 0 atom stereocenters. The van der Waals surface area contributed by atoms with E-state index < -0.39 is 0 Å². The number of hydrogen-bond donors (Lipinski definition) is 1. The van der Waals surface area contributed by atoms with E-state index in [-0.39, 0.29) is 26.7 Å². The first-order chi connectivity index (χ1) is 8.63. The maximum absolute atomic E-state index is 13.3. The van der Waals surface area contributed by atoms with E-state index in [9.17, 15) is 9.18 Å². The second-order valence-corrected chi connectivity index (χ2v) is 7.69. The SMILES string of the molecule is CC1=CC=C(/C=C2\C(=O)Nc3ccc(F)cc32)[SeH2]1. The fourth-order valence-corrected chi connectivity index (χ4v) is 4.18. The minimum absolute atomic E-state index is 0.146. The molecule has 18 heavy (non-hydrogen) atoms. The molecule has 0 saturated heterocycles. The zero-order chi connectivity index (χ0) is 12.7. The van der Waals surface area contributed by atoms with Crippen molar-refractivity contribution in [2.45, 2.75) is 6.92 Å². The number of hydrogen-bond acceptors (Lipinski definition) is 1. The summed E-state index contributed by atoms with van der Waals surface area (Å²) in [5.74, 6) is -0.463. The van der Waals surface area contributed by atoms with Crippen LogP contribution in [0.4, 0.5) is 10.1 Å². The van der Waals surface area contributed by atoms with E-state index in [0.29, 0.717) is 16.8 Å². The van der Waals surface area contributed by atoms with Crippen LogP contribution in [0.15, 0.2) is 45.4 Å². The fourth-order valence-electron chi connectivity index (χ4n) is 2.07. The molecule has 1 N–H and O–H groups in total. The fraction of sp³-hybridized carbons (Fsp3) is 0.0714. The third-order valence-electron chi connectivity index (χ3n) is 2.92. The van der Waals surface area contributed by atoms with Crippen molar-refractivity contribution in [1.82, 2.24) is 0 Å². The van der Waals surface area contributed by atoms with Crippen molar-refractivity contribution >= 4 is 32.1 Å². The summed E-state index contributed by atoms with van der Waals surface area (Å²) in [6, 6.07) is 4.37. The van der Waals surface area contributed by atoms with E-state index in [4.69, 9.17) is 0 Å². The Morgan fingerprint density at radius 2 is 2.17 bits per heavy atom. The van der Waals surface area contributed by atoms with Gasteiger partial charge in [0.25, 0.3) is 0 Å². The van der Waals surface area contributed by atoms with Gasteiger partial charge in [0.2, 0.25) is 0 Å². The second-order valence-electron chi connectivity index (χ2n) is 4.30. The first-order valence-corrected chi connectivity index (χ1v) is 7.72. The standard InChI is InChI=1S/C14H12FNOSe/c1-8-2-4-10(18-8)7-12-11-6-9(15)3-5-13(11)16-14(12)17/h2-7H,18H2,1H3,(H,16,17)/b12-7-. The summed E-state index contributed by atoms with van der Waals surface area (Å²) in [4.78, 5) is 11.9. The summed E-state index contributed by atoms with van der Waals surface area (Å²) in [5.41, 5.74) is 1.93. The van der Waals surface area contributed by atoms with Crippen molar-refractivity contribution in [2.24, 2.45) is 0 Å². The predicted octanol–water partition coefficient (Wildman–Crippen LogP) is 2.13. The van der Waals surface area contributed by atoms with Gasteiger partial charge in [0.15, 0.2) is 0 Å². The molecule has 2 aliphatic heterocycles. The first kappa shape index (κ1) is 11.4. The number of anilines is 1. The second kappa shape index (κ2) is 4.23. The molecule has 92 valence electrons. The van der Waals surface area contributed by atoms with Crippen molar-refractivity contribution < 1.29 is 9.18 Å². The van der Waals surface area contributed by atoms with Crippen LogP contribution in [0.2, 0.25) is 0 Å². The van der Waals surface area contributed by atoms with Crippen LogP contribution in [-0.4, -0.2) is 20.9 Å². The van der Waals surface area contributed by atoms with Gasteiger partial charge in [-0.15, -0.1) is 0 Å². The molecular formula is C14H12FNOSe. The molecule has 0 aliphatic carbocycles. The Labute approximate surface area is 110 Å². The van der Waals surface area contributed by atoms with Crippen molar-refractivity contribution in [2.75, 3.05) is 5.32 Å². The van der Waals surface area contributed by atoms with Gasteiger partial charge in [0.05, 0.1) is 0 Å². The van der Waals surface area contributed by atoms with Crippen LogP contribution in [0.1, 0.15) is 12.5 Å². The van der Waals surface area contributed by atoms with E-state index >= 15 is 0 Å². The van der Waals surface area contributed by atoms with Crippen molar-refractivity contribution in [3.05, 3.63) is 56.8 Å². The Morgan fingerprint density at radius 1 is 1.33 bits per heavy atom. The average Bonchev–Trinajstić information content (AvgIpc) is 2.86. The molecule has 4 heteroatoms. The van der Waals surface area contributed by atoms with Crippen LogP contribution in [0.25, 0.3) is 5.57 Å². The Balaban J connectivity index is 2.02. The van der Waals surface area contributed by atoms with E-state index in [1.807, 2.05) is 12.2 Å². The molecule has 0 fully saturated rings. The zero-order valence-corrected chi connectivity index (χ0v) is 11.8. The molecule has 0 bridgehead atoms. The first-order valence-electron chi connectivity index (χ1n) is 5.62. The molecule has 0 unspecified atom stereocenters. The Kier molecular flexibility index (Phi) is 2.69. The van der Waals surface area contributed by atoms with Crippen LogP contribution >= 0.6 is 0 Å². The number of benzene rings is 1. The average molecular weight is 308 g/mol. The molecule has 3 rings (SSSR count). The summed E-state index contributed by atoms with van der Waals surface area (Å²) in [6.45, 7) is 2.10. The normalized spacial score (nSPS) is 21.9. The van der Waals surface area contributed by atoms with Crippen molar-refractivity contribution in [3.8, 4) is 0 Å². The van der Waals surface area contributed by atoms with Gasteiger partial charge in [0, 0.05) is 0 Å². The van der Waals surface area contributed by atoms with E-state index in [2.05, 4.69) is 18.3 Å². The molecular weight excluding hydrogens is 296 g/mol. The number of amides is 1. The van der Waals surface area contributed by atoms with Gasteiger partial charge in [-0.3, -0.25) is 0 Å². The molecule has 0 spiro atoms. The summed E-state index contributed by atoms with van der Waals surface area (Å²) < 4.78 is 15.8. The van der Waals surface area contributed by atoms with Gasteiger partial charge in [-0.25, -0.2) is 0 Å². The number of carbonyl (C=O) groups excluding carboxylic acids is 1. The van der Waals surface area contributed by atoms with Gasteiger partial charge in [-0.1, -0.05) is 0 Å². The van der Waals surface area contributed by atoms with Crippen LogP contribution in [-0.2, 0) is 4.79 Å². The third-order valence-corrected chi connectivity index (χ3v) is 5.35. The Hall–Kier alpha value is -1.64. The van der Waals surface area contributed by atoms with Gasteiger partial charge < -0.3 is 0 Å². The third kappa shape index (κ3) is 1.94. The van der Waals surface area contributed by atoms with Crippen LogP contribution in [0.5, 0.6) is 0 Å². The maximum atomic E-state index is 13.3. The van der Waals surface area contributed by atoms with Gasteiger partial charge in [0.1, 0.15) is 0 Å². The number of nitrogens with one attached hydrogen (secondary N) is 1. The molecule has 1 amide bonds. The molecule has 0 aromatic heterocycles. The van der Waals surface area contributed by atoms with E-state index in [0.717, 1.165) is 0 Å². The summed E-state index contributed by atoms with van der Waals surface area (Å²) in [6.07, 6.45) is 6.03. The Bertz CT molecular complexity index is 643. The minimum atomic E-state index is -0.318. The van der Waals surface area contributed by atoms with Crippen molar-refractivity contribution in [1.29, 1.82) is 0 Å². The number of rotatable bonds is 1. The monoisotopic (exact) mass is 309 g/mol. The Morgan fingerprint density at radius 3 is 2.89 bits per heavy atom. The number of halogens is 1. The van der Waals surface area contributed by atoms with Crippen LogP contribution in [0.3, 0.4) is 0 Å². The van der Waals surface area contributed by atoms with Gasteiger partial charge in [-0.2, -0.15) is 0 Å². The molecule has 0 radical (unpaired) electrons. The van der Waals surface area contributed by atoms with Gasteiger partial charge in [-0.05, 0) is 0 Å². The van der Waals surface area contributed by atoms with Crippen LogP contribution in [0, 0.1) is 5.82 Å². The topological polar surface area (TPSA) is 29.1 Å². The number of carbonyl (C=O) groups is 1. The molecule has 2 heterocycles. The predicted molar refractivity (Wildman–Crippen MR) is 73.4 cm³/mol. The quantitative estimate of drug-likeness (QED) is 0.625. The molecule has 1 aromatic carbocycles. The number of allylic oxidation sites excluding steroid dienone is 5. The number of fused-ring (bicyclic) bond motifs is 1. The van der Waals surface area contributed by atoms with Gasteiger partial charge >= 0.3 is 110 Å². The molecule has 0 saturated carbocycles. The van der Waals surface area contributed by atoms with E-state index in [1.165, 1.54) is 21.1 Å². The summed E-state index contributed by atoms with van der Waals surface area (Å²) in [5, 5.41) is 2.76. The van der Waals surface area contributed by atoms with Crippen molar-refractivity contribution in [3.63, 3.8) is 0 Å². The molecule has 2 nitrogen and oxygen atoms in total. The van der Waals surface area contributed by atoms with E-state index in [1.54, 1.807) is 6.07 Å². The molecule has 1 aromatic rings. The summed E-state index contributed by atoms with van der Waals surface area (Å²) in [7, 11) is 0. The molecule has 2 aliphatic rings. The van der Waals surface area contributed by atoms with Crippen LogP contribution < -0.4 is 5.32 Å². The zero-order valence-electron chi connectivity index (χ0n) is 9.75.